The zero-order valence-electron chi connectivity index (χ0n) is 16.7. The maximum absolute atomic E-state index is 12.5. The molecule has 4 rings (SSSR count). The highest BCUT2D eigenvalue weighted by molar-refractivity contribution is 7.17. The van der Waals surface area contributed by atoms with E-state index >= 15 is 0 Å². The van der Waals surface area contributed by atoms with Crippen LogP contribution in [-0.4, -0.2) is 61.3 Å². The molecule has 1 amide bonds. The van der Waals surface area contributed by atoms with E-state index in [0.717, 1.165) is 52.3 Å². The maximum atomic E-state index is 12.5. The summed E-state index contributed by atoms with van der Waals surface area (Å²) in [6.07, 6.45) is 0. The van der Waals surface area contributed by atoms with E-state index in [1.165, 1.54) is 11.3 Å². The SMILES string of the molecule is CC(=O)c1ccc(-c2cc(OCC(=O)N3CCN(C)CC3)cc3ccccc23)s1. The lowest BCUT2D eigenvalue weighted by molar-refractivity contribution is -0.134. The third kappa shape index (κ3) is 4.33. The molecule has 0 spiro atoms. The van der Waals surface area contributed by atoms with Crippen LogP contribution in [-0.2, 0) is 4.79 Å². The second kappa shape index (κ2) is 8.35. The predicted octanol–water partition coefficient (Wildman–Crippen LogP) is 3.92. The molecule has 1 saturated heterocycles. The number of benzene rings is 2. The van der Waals surface area contributed by atoms with Crippen LogP contribution in [0.25, 0.3) is 21.2 Å². The average Bonchev–Trinajstić information content (AvgIpc) is 3.22. The van der Waals surface area contributed by atoms with Crippen molar-refractivity contribution in [2.75, 3.05) is 39.8 Å². The zero-order valence-corrected chi connectivity index (χ0v) is 17.5. The second-order valence-electron chi connectivity index (χ2n) is 7.38. The van der Waals surface area contributed by atoms with Crippen LogP contribution < -0.4 is 4.74 Å². The van der Waals surface area contributed by atoms with Gasteiger partial charge in [-0.2, -0.15) is 0 Å². The number of ether oxygens (including phenoxy) is 1. The zero-order chi connectivity index (χ0) is 20.4. The number of hydrogen-bond acceptors (Lipinski definition) is 5. The maximum Gasteiger partial charge on any atom is 0.260 e. The van der Waals surface area contributed by atoms with Crippen LogP contribution in [0, 0.1) is 0 Å². The number of likely N-dealkylation sites (N-methyl/N-ethyl adjacent to an activating group) is 1. The first-order valence-corrected chi connectivity index (χ1v) is 10.6. The number of piperazine rings is 1. The number of ketones is 1. The van der Waals surface area contributed by atoms with Gasteiger partial charge >= 0.3 is 0 Å². The van der Waals surface area contributed by atoms with Crippen LogP contribution in [0.3, 0.4) is 0 Å². The average molecular weight is 409 g/mol. The Morgan fingerprint density at radius 2 is 1.79 bits per heavy atom. The molecule has 29 heavy (non-hydrogen) atoms. The van der Waals surface area contributed by atoms with Crippen LogP contribution >= 0.6 is 11.3 Å². The highest BCUT2D eigenvalue weighted by atomic mass is 32.1. The van der Waals surface area contributed by atoms with Gasteiger partial charge in [-0.15, -0.1) is 11.3 Å². The largest absolute Gasteiger partial charge is 0.484 e. The summed E-state index contributed by atoms with van der Waals surface area (Å²) in [6, 6.07) is 15.9. The summed E-state index contributed by atoms with van der Waals surface area (Å²) < 4.78 is 5.91. The van der Waals surface area contributed by atoms with Crippen LogP contribution in [0.1, 0.15) is 16.6 Å². The van der Waals surface area contributed by atoms with Gasteiger partial charge in [0.15, 0.2) is 12.4 Å². The lowest BCUT2D eigenvalue weighted by Gasteiger charge is -2.32. The molecule has 1 aliphatic heterocycles. The molecule has 0 radical (unpaired) electrons. The van der Waals surface area contributed by atoms with Gasteiger partial charge in [0.25, 0.3) is 5.91 Å². The van der Waals surface area contributed by atoms with Crippen molar-refractivity contribution in [3.63, 3.8) is 0 Å². The fourth-order valence-corrected chi connectivity index (χ4v) is 4.47. The van der Waals surface area contributed by atoms with Crippen LogP contribution in [0.2, 0.25) is 0 Å². The van der Waals surface area contributed by atoms with Crippen LogP contribution in [0.5, 0.6) is 5.75 Å². The van der Waals surface area contributed by atoms with E-state index < -0.39 is 0 Å². The number of rotatable bonds is 5. The number of amides is 1. The number of Topliss-reactive ketones (excluding diaryl/α,β-unsaturated/α-hetero) is 1. The van der Waals surface area contributed by atoms with Crippen molar-refractivity contribution in [1.82, 2.24) is 9.80 Å². The van der Waals surface area contributed by atoms with Crippen molar-refractivity contribution >= 4 is 33.8 Å². The van der Waals surface area contributed by atoms with Gasteiger partial charge in [-0.05, 0) is 49.0 Å². The van der Waals surface area contributed by atoms with E-state index in [2.05, 4.69) is 18.0 Å². The Bertz CT molecular complexity index is 1050. The first-order chi connectivity index (χ1) is 14.0. The Morgan fingerprint density at radius 3 is 2.52 bits per heavy atom. The summed E-state index contributed by atoms with van der Waals surface area (Å²) in [5.41, 5.74) is 1.02. The number of fused-ring (bicyclic) bond motifs is 1. The third-order valence-corrected chi connectivity index (χ3v) is 6.49. The molecule has 1 aromatic heterocycles. The molecule has 0 N–H and O–H groups in total. The molecule has 0 bridgehead atoms. The number of carbonyl (C=O) groups is 2. The van der Waals surface area contributed by atoms with Gasteiger partial charge in [-0.3, -0.25) is 9.59 Å². The molecule has 2 aromatic carbocycles. The Balaban J connectivity index is 1.58. The van der Waals surface area contributed by atoms with Gasteiger partial charge in [0.1, 0.15) is 5.75 Å². The fourth-order valence-electron chi connectivity index (χ4n) is 3.53. The van der Waals surface area contributed by atoms with E-state index in [1.807, 2.05) is 47.4 Å². The molecule has 1 aliphatic rings. The minimum atomic E-state index is 0.0165. The predicted molar refractivity (Wildman–Crippen MR) is 117 cm³/mol. The molecule has 150 valence electrons. The molecule has 0 unspecified atom stereocenters. The van der Waals surface area contributed by atoms with E-state index in [4.69, 9.17) is 4.74 Å². The molecule has 2 heterocycles. The number of thiophene rings is 1. The standard InChI is InChI=1S/C23H24N2O3S/c1-16(26)21-7-8-22(29-21)20-14-18(13-17-5-3-4-6-19(17)20)28-15-23(27)25-11-9-24(2)10-12-25/h3-8,13-14H,9-12,15H2,1-2H3. The summed E-state index contributed by atoms with van der Waals surface area (Å²) in [4.78, 5) is 30.1. The lowest BCUT2D eigenvalue weighted by Crippen LogP contribution is -2.48. The molecular formula is C23H24N2O3S. The van der Waals surface area contributed by atoms with Crippen molar-refractivity contribution in [1.29, 1.82) is 0 Å². The molecule has 0 saturated carbocycles. The van der Waals surface area contributed by atoms with E-state index in [1.54, 1.807) is 6.92 Å². The van der Waals surface area contributed by atoms with Gasteiger partial charge in [-0.25, -0.2) is 0 Å². The summed E-state index contributed by atoms with van der Waals surface area (Å²) in [6.45, 7) is 4.88. The van der Waals surface area contributed by atoms with Gasteiger partial charge in [-0.1, -0.05) is 24.3 Å². The third-order valence-electron chi connectivity index (χ3n) is 5.27. The highest BCUT2D eigenvalue weighted by Crippen LogP contribution is 2.37. The molecule has 6 heteroatoms. The minimum Gasteiger partial charge on any atom is -0.484 e. The summed E-state index contributed by atoms with van der Waals surface area (Å²) in [7, 11) is 2.07. The Labute approximate surface area is 174 Å². The van der Waals surface area contributed by atoms with E-state index in [0.29, 0.717) is 5.75 Å². The topological polar surface area (TPSA) is 49.9 Å². The quantitative estimate of drug-likeness (QED) is 0.601. The van der Waals surface area contributed by atoms with Crippen molar-refractivity contribution in [2.45, 2.75) is 6.92 Å². The van der Waals surface area contributed by atoms with Gasteiger partial charge in [0.05, 0.1) is 4.88 Å². The first-order valence-electron chi connectivity index (χ1n) is 9.74. The Morgan fingerprint density at radius 1 is 1.03 bits per heavy atom. The minimum absolute atomic E-state index is 0.0165. The number of carbonyl (C=O) groups excluding carboxylic acids is 2. The lowest BCUT2D eigenvalue weighted by atomic mass is 10.0. The van der Waals surface area contributed by atoms with Gasteiger partial charge < -0.3 is 14.5 Å². The molecule has 5 nitrogen and oxygen atoms in total. The van der Waals surface area contributed by atoms with Crippen LogP contribution in [0.4, 0.5) is 0 Å². The van der Waals surface area contributed by atoms with Crippen molar-refractivity contribution in [3.8, 4) is 16.2 Å². The van der Waals surface area contributed by atoms with E-state index in [9.17, 15) is 9.59 Å². The van der Waals surface area contributed by atoms with Crippen LogP contribution in [0.15, 0.2) is 48.5 Å². The van der Waals surface area contributed by atoms with Crippen molar-refractivity contribution in [3.05, 3.63) is 53.4 Å². The van der Waals surface area contributed by atoms with E-state index in [-0.39, 0.29) is 18.3 Å². The fraction of sp³-hybridized carbons (Fsp3) is 0.304. The Kier molecular flexibility index (Phi) is 5.65. The molecule has 3 aromatic rings. The van der Waals surface area contributed by atoms with Crippen molar-refractivity contribution < 1.29 is 14.3 Å². The molecular weight excluding hydrogens is 384 g/mol. The molecule has 0 atom stereocenters. The Hall–Kier alpha value is -2.70. The summed E-state index contributed by atoms with van der Waals surface area (Å²) in [5, 5.41) is 2.15. The highest BCUT2D eigenvalue weighted by Gasteiger charge is 2.19. The van der Waals surface area contributed by atoms with Gasteiger partial charge in [0.2, 0.25) is 0 Å². The monoisotopic (exact) mass is 408 g/mol. The summed E-state index contributed by atoms with van der Waals surface area (Å²) >= 11 is 1.48. The van der Waals surface area contributed by atoms with Gasteiger partial charge in [0, 0.05) is 36.6 Å². The summed E-state index contributed by atoms with van der Waals surface area (Å²) in [5.74, 6) is 0.748. The molecule has 0 aliphatic carbocycles. The number of hydrogen-bond donors (Lipinski definition) is 0. The number of nitrogens with zero attached hydrogens (tertiary/aromatic N) is 2. The smallest absolute Gasteiger partial charge is 0.260 e. The second-order valence-corrected chi connectivity index (χ2v) is 8.47. The first kappa shape index (κ1) is 19.6. The molecule has 1 fully saturated rings. The van der Waals surface area contributed by atoms with Crippen molar-refractivity contribution in [2.24, 2.45) is 0 Å². The normalized spacial score (nSPS) is 14.9.